The fourth-order valence-electron chi connectivity index (χ4n) is 3.82. The van der Waals surface area contributed by atoms with E-state index in [0.29, 0.717) is 25.8 Å². The molecule has 0 aliphatic heterocycles. The topological polar surface area (TPSA) is 120 Å². The van der Waals surface area contributed by atoms with Crippen LogP contribution in [0.4, 0.5) is 4.79 Å². The van der Waals surface area contributed by atoms with Crippen molar-refractivity contribution in [1.29, 1.82) is 0 Å². The number of nitrogens with two attached hydrogens (primary N) is 1. The largest absolute Gasteiger partial charge is 0.468 e. The summed E-state index contributed by atoms with van der Waals surface area (Å²) in [5.74, 6) is -0.910. The Bertz CT molecular complexity index is 917. The molecule has 3 rings (SSSR count). The van der Waals surface area contributed by atoms with Crippen LogP contribution < -0.4 is 16.4 Å². The molecule has 32 heavy (non-hydrogen) atoms. The zero-order chi connectivity index (χ0) is 22.9. The average molecular weight is 440 g/mol. The molecule has 0 saturated heterocycles. The summed E-state index contributed by atoms with van der Waals surface area (Å²) in [5.41, 5.74) is 10.5. The van der Waals surface area contributed by atoms with Gasteiger partial charge in [0.2, 0.25) is 5.91 Å². The van der Waals surface area contributed by atoms with E-state index in [1.54, 1.807) is 0 Å². The Kier molecular flexibility index (Phi) is 8.21. The summed E-state index contributed by atoms with van der Waals surface area (Å²) in [7, 11) is 1.25. The fourth-order valence-corrected chi connectivity index (χ4v) is 3.82. The van der Waals surface area contributed by atoms with Crippen molar-refractivity contribution < 1.29 is 23.9 Å². The van der Waals surface area contributed by atoms with Gasteiger partial charge in [-0.1, -0.05) is 48.5 Å². The molecule has 2 aromatic rings. The SMILES string of the molecule is COC(=O)CNC(=O)[C@@H](N)CCCCNC(=O)OCC1c2ccccc2-c2ccccc21. The van der Waals surface area contributed by atoms with Gasteiger partial charge in [0.05, 0.1) is 13.2 Å². The number of esters is 1. The van der Waals surface area contributed by atoms with Crippen LogP contribution in [0.15, 0.2) is 48.5 Å². The number of hydrogen-bond donors (Lipinski definition) is 3. The van der Waals surface area contributed by atoms with Gasteiger partial charge < -0.3 is 25.8 Å². The van der Waals surface area contributed by atoms with Gasteiger partial charge in [-0.15, -0.1) is 0 Å². The van der Waals surface area contributed by atoms with Crippen LogP contribution in [0.3, 0.4) is 0 Å². The molecule has 8 nitrogen and oxygen atoms in total. The maximum absolute atomic E-state index is 12.1. The average Bonchev–Trinajstić information content (AvgIpc) is 3.14. The van der Waals surface area contributed by atoms with Crippen molar-refractivity contribution in [1.82, 2.24) is 10.6 Å². The maximum Gasteiger partial charge on any atom is 0.407 e. The number of unbranched alkanes of at least 4 members (excludes halogenated alkanes) is 1. The lowest BCUT2D eigenvalue weighted by atomic mass is 9.98. The molecule has 0 spiro atoms. The number of ether oxygens (including phenoxy) is 2. The van der Waals surface area contributed by atoms with E-state index in [2.05, 4.69) is 39.6 Å². The number of amides is 2. The van der Waals surface area contributed by atoms with Crippen molar-refractivity contribution >= 4 is 18.0 Å². The Balaban J connectivity index is 1.36. The zero-order valence-electron chi connectivity index (χ0n) is 18.1. The molecule has 4 N–H and O–H groups in total. The van der Waals surface area contributed by atoms with Crippen LogP contribution in [-0.2, 0) is 19.1 Å². The van der Waals surface area contributed by atoms with Gasteiger partial charge in [0.1, 0.15) is 13.2 Å². The lowest BCUT2D eigenvalue weighted by Crippen LogP contribution is -2.42. The van der Waals surface area contributed by atoms with Crippen LogP contribution in [-0.4, -0.2) is 50.8 Å². The predicted octanol–water partition coefficient (Wildman–Crippen LogP) is 2.31. The van der Waals surface area contributed by atoms with E-state index >= 15 is 0 Å². The van der Waals surface area contributed by atoms with E-state index in [4.69, 9.17) is 10.5 Å². The summed E-state index contributed by atoms with van der Waals surface area (Å²) in [4.78, 5) is 35.0. The number of carbonyl (C=O) groups is 3. The Morgan fingerprint density at radius 2 is 1.59 bits per heavy atom. The highest BCUT2D eigenvalue weighted by atomic mass is 16.5. The third kappa shape index (κ3) is 5.85. The number of nitrogens with one attached hydrogen (secondary N) is 2. The first-order chi connectivity index (χ1) is 15.5. The second-order valence-electron chi connectivity index (χ2n) is 7.65. The normalized spacial score (nSPS) is 12.9. The smallest absolute Gasteiger partial charge is 0.407 e. The van der Waals surface area contributed by atoms with Crippen LogP contribution in [0.2, 0.25) is 0 Å². The zero-order valence-corrected chi connectivity index (χ0v) is 18.1. The number of alkyl carbamates (subject to hydrolysis) is 1. The molecule has 0 fully saturated rings. The number of rotatable bonds is 10. The molecule has 8 heteroatoms. The quantitative estimate of drug-likeness (QED) is 0.386. The Labute approximate surface area is 187 Å². The minimum absolute atomic E-state index is 0.0228. The fraction of sp³-hybridized carbons (Fsp3) is 0.375. The van der Waals surface area contributed by atoms with E-state index in [0.717, 1.165) is 0 Å². The highest BCUT2D eigenvalue weighted by molar-refractivity contribution is 5.85. The molecular formula is C24H29N3O5. The molecule has 1 atom stereocenters. The first kappa shape index (κ1) is 23.3. The molecule has 2 amide bonds. The van der Waals surface area contributed by atoms with Gasteiger partial charge in [0.25, 0.3) is 0 Å². The van der Waals surface area contributed by atoms with Crippen molar-refractivity contribution in [2.24, 2.45) is 5.73 Å². The van der Waals surface area contributed by atoms with E-state index in [-0.39, 0.29) is 19.1 Å². The van der Waals surface area contributed by atoms with Crippen molar-refractivity contribution in [3.63, 3.8) is 0 Å². The van der Waals surface area contributed by atoms with Crippen LogP contribution in [0, 0.1) is 0 Å². The molecule has 0 aromatic heterocycles. The number of methoxy groups -OCH3 is 1. The first-order valence-electron chi connectivity index (χ1n) is 10.7. The van der Waals surface area contributed by atoms with Gasteiger partial charge in [0.15, 0.2) is 0 Å². The Morgan fingerprint density at radius 3 is 2.22 bits per heavy atom. The summed E-state index contributed by atoms with van der Waals surface area (Å²) in [5, 5.41) is 5.16. The van der Waals surface area contributed by atoms with Gasteiger partial charge in [-0.05, 0) is 41.5 Å². The summed E-state index contributed by atoms with van der Waals surface area (Å²) in [6, 6.07) is 15.6. The summed E-state index contributed by atoms with van der Waals surface area (Å²) in [6.45, 7) is 0.491. The van der Waals surface area contributed by atoms with Crippen molar-refractivity contribution in [2.75, 3.05) is 26.8 Å². The molecule has 0 bridgehead atoms. The molecule has 0 saturated carbocycles. The predicted molar refractivity (Wildman–Crippen MR) is 120 cm³/mol. The minimum Gasteiger partial charge on any atom is -0.468 e. The van der Waals surface area contributed by atoms with Crippen LogP contribution >= 0.6 is 0 Å². The molecule has 1 aliphatic rings. The maximum atomic E-state index is 12.1. The summed E-state index contributed by atoms with van der Waals surface area (Å²) in [6.07, 6.45) is 1.28. The third-order valence-electron chi connectivity index (χ3n) is 5.53. The molecule has 0 heterocycles. The van der Waals surface area contributed by atoms with Crippen molar-refractivity contribution in [2.45, 2.75) is 31.2 Å². The van der Waals surface area contributed by atoms with Crippen LogP contribution in [0.25, 0.3) is 11.1 Å². The van der Waals surface area contributed by atoms with E-state index in [1.165, 1.54) is 29.4 Å². The second kappa shape index (κ2) is 11.3. The Hall–Kier alpha value is -3.39. The summed E-state index contributed by atoms with van der Waals surface area (Å²) >= 11 is 0. The monoisotopic (exact) mass is 439 g/mol. The molecule has 2 aromatic carbocycles. The van der Waals surface area contributed by atoms with Crippen molar-refractivity contribution in [3.05, 3.63) is 59.7 Å². The molecule has 0 radical (unpaired) electrons. The van der Waals surface area contributed by atoms with Gasteiger partial charge in [0, 0.05) is 12.5 Å². The van der Waals surface area contributed by atoms with Gasteiger partial charge in [-0.3, -0.25) is 9.59 Å². The number of carbonyl (C=O) groups excluding carboxylic acids is 3. The van der Waals surface area contributed by atoms with E-state index in [9.17, 15) is 14.4 Å². The number of fused-ring (bicyclic) bond motifs is 3. The second-order valence-corrected chi connectivity index (χ2v) is 7.65. The van der Waals surface area contributed by atoms with Crippen LogP contribution in [0.1, 0.15) is 36.3 Å². The van der Waals surface area contributed by atoms with Gasteiger partial charge >= 0.3 is 12.1 Å². The van der Waals surface area contributed by atoms with E-state index in [1.807, 2.05) is 24.3 Å². The molecule has 170 valence electrons. The van der Waals surface area contributed by atoms with Crippen molar-refractivity contribution in [3.8, 4) is 11.1 Å². The van der Waals surface area contributed by atoms with Crippen LogP contribution in [0.5, 0.6) is 0 Å². The minimum atomic E-state index is -0.714. The van der Waals surface area contributed by atoms with Gasteiger partial charge in [-0.2, -0.15) is 0 Å². The molecular weight excluding hydrogens is 410 g/mol. The Morgan fingerprint density at radius 1 is 0.969 bits per heavy atom. The van der Waals surface area contributed by atoms with Gasteiger partial charge in [-0.25, -0.2) is 4.79 Å². The summed E-state index contributed by atoms with van der Waals surface area (Å²) < 4.78 is 9.94. The molecule has 0 unspecified atom stereocenters. The lowest BCUT2D eigenvalue weighted by Gasteiger charge is -2.15. The standard InChI is InChI=1S/C24H29N3O5/c1-31-22(28)14-27-23(29)21(25)12-6-7-13-26-24(30)32-15-20-18-10-4-2-8-16(18)17-9-3-5-11-19(17)20/h2-5,8-11,20-21H,6-7,12-15,25H2,1H3,(H,26,30)(H,27,29)/t21-/m0/s1. The highest BCUT2D eigenvalue weighted by Crippen LogP contribution is 2.44. The third-order valence-corrected chi connectivity index (χ3v) is 5.53. The van der Waals surface area contributed by atoms with E-state index < -0.39 is 24.0 Å². The number of benzene rings is 2. The first-order valence-corrected chi connectivity index (χ1v) is 10.7. The highest BCUT2D eigenvalue weighted by Gasteiger charge is 2.28. The molecule has 1 aliphatic carbocycles. The number of hydrogen-bond acceptors (Lipinski definition) is 6. The lowest BCUT2D eigenvalue weighted by molar-refractivity contribution is -0.141.